The lowest BCUT2D eigenvalue weighted by Crippen LogP contribution is -2.46. The Morgan fingerprint density at radius 3 is 2.38 bits per heavy atom. The molecule has 0 radical (unpaired) electrons. The third-order valence-corrected chi connectivity index (χ3v) is 4.18. The highest BCUT2D eigenvalue weighted by atomic mass is 16.4. The molecule has 1 saturated carbocycles. The molecule has 2 N–H and O–H groups in total. The number of carbonyl (C=O) groups is 1. The molecule has 0 amide bonds. The minimum atomic E-state index is -0.918. The fourth-order valence-corrected chi connectivity index (χ4v) is 2.88. The standard InChI is InChI=1S/C16H25N3O2/c1-11(2)13-10-12(3)17-15(18-13)19-16(14(20)21)8-6-4-5-7-9-16/h10-11H,4-9H2,1-3H3,(H,20,21)(H,17,18,19). The van der Waals surface area contributed by atoms with Gasteiger partial charge in [0.25, 0.3) is 0 Å². The summed E-state index contributed by atoms with van der Waals surface area (Å²) in [4.78, 5) is 20.7. The van der Waals surface area contributed by atoms with Gasteiger partial charge in [-0.15, -0.1) is 0 Å². The lowest BCUT2D eigenvalue weighted by Gasteiger charge is -2.29. The molecule has 0 saturated heterocycles. The molecule has 0 bridgehead atoms. The van der Waals surface area contributed by atoms with Crippen molar-refractivity contribution in [1.82, 2.24) is 9.97 Å². The Morgan fingerprint density at radius 1 is 1.24 bits per heavy atom. The van der Waals surface area contributed by atoms with E-state index in [9.17, 15) is 9.90 Å². The van der Waals surface area contributed by atoms with Crippen LogP contribution in [0.25, 0.3) is 0 Å². The highest BCUT2D eigenvalue weighted by Gasteiger charge is 2.39. The number of anilines is 1. The monoisotopic (exact) mass is 291 g/mol. The van der Waals surface area contributed by atoms with Crippen molar-refractivity contribution in [3.05, 3.63) is 17.5 Å². The minimum absolute atomic E-state index is 0.294. The van der Waals surface area contributed by atoms with Crippen LogP contribution in [0.15, 0.2) is 6.07 Å². The highest BCUT2D eigenvalue weighted by Crippen LogP contribution is 2.30. The third kappa shape index (κ3) is 3.71. The van der Waals surface area contributed by atoms with Crippen LogP contribution in [0.1, 0.15) is 69.7 Å². The van der Waals surface area contributed by atoms with Crippen LogP contribution in [-0.2, 0) is 4.79 Å². The molecule has 1 aromatic heterocycles. The van der Waals surface area contributed by atoms with E-state index < -0.39 is 11.5 Å². The topological polar surface area (TPSA) is 75.1 Å². The van der Waals surface area contributed by atoms with Gasteiger partial charge < -0.3 is 10.4 Å². The van der Waals surface area contributed by atoms with E-state index in [4.69, 9.17) is 0 Å². The van der Waals surface area contributed by atoms with E-state index in [1.54, 1.807) is 0 Å². The van der Waals surface area contributed by atoms with Gasteiger partial charge >= 0.3 is 5.97 Å². The first-order valence-corrected chi connectivity index (χ1v) is 7.80. The Labute approximate surface area is 126 Å². The molecule has 0 aromatic carbocycles. The minimum Gasteiger partial charge on any atom is -0.480 e. The number of rotatable bonds is 4. The predicted molar refractivity (Wildman–Crippen MR) is 82.5 cm³/mol. The maximum Gasteiger partial charge on any atom is 0.329 e. The summed E-state index contributed by atoms with van der Waals surface area (Å²) in [6.07, 6.45) is 5.34. The van der Waals surface area contributed by atoms with Gasteiger partial charge in [-0.3, -0.25) is 0 Å². The Kier molecular flexibility index (Phi) is 4.80. The van der Waals surface area contributed by atoms with Gasteiger partial charge in [0.2, 0.25) is 5.95 Å². The molecule has 5 heteroatoms. The Bertz CT molecular complexity index is 506. The predicted octanol–water partition coefficient (Wildman–Crippen LogP) is 3.50. The van der Waals surface area contributed by atoms with Crippen LogP contribution in [0.5, 0.6) is 0 Å². The number of carboxylic acids is 1. The van der Waals surface area contributed by atoms with E-state index in [2.05, 4.69) is 29.1 Å². The molecule has 0 spiro atoms. The fourth-order valence-electron chi connectivity index (χ4n) is 2.88. The van der Waals surface area contributed by atoms with Crippen molar-refractivity contribution < 1.29 is 9.90 Å². The van der Waals surface area contributed by atoms with Gasteiger partial charge in [-0.25, -0.2) is 14.8 Å². The molecule has 1 aliphatic carbocycles. The molecule has 21 heavy (non-hydrogen) atoms. The molecular formula is C16H25N3O2. The van der Waals surface area contributed by atoms with Crippen molar-refractivity contribution in [3.63, 3.8) is 0 Å². The van der Waals surface area contributed by atoms with Crippen LogP contribution in [0.2, 0.25) is 0 Å². The van der Waals surface area contributed by atoms with Gasteiger partial charge in [0.15, 0.2) is 0 Å². The second kappa shape index (κ2) is 6.41. The van der Waals surface area contributed by atoms with E-state index in [-0.39, 0.29) is 0 Å². The average molecular weight is 291 g/mol. The Morgan fingerprint density at radius 2 is 1.86 bits per heavy atom. The van der Waals surface area contributed by atoms with Crippen molar-refractivity contribution in [2.45, 2.75) is 70.8 Å². The lowest BCUT2D eigenvalue weighted by atomic mass is 9.90. The van der Waals surface area contributed by atoms with E-state index in [0.29, 0.717) is 24.7 Å². The summed E-state index contributed by atoms with van der Waals surface area (Å²) in [7, 11) is 0. The van der Waals surface area contributed by atoms with Crippen molar-refractivity contribution >= 4 is 11.9 Å². The number of aliphatic carboxylic acids is 1. The molecule has 5 nitrogen and oxygen atoms in total. The quantitative estimate of drug-likeness (QED) is 0.830. The second-order valence-electron chi connectivity index (χ2n) is 6.34. The molecule has 2 rings (SSSR count). The van der Waals surface area contributed by atoms with Crippen LogP contribution < -0.4 is 5.32 Å². The van der Waals surface area contributed by atoms with Gasteiger partial charge in [-0.2, -0.15) is 0 Å². The summed E-state index contributed by atoms with van der Waals surface area (Å²) in [5.74, 6) is -0.0502. The van der Waals surface area contributed by atoms with Gasteiger partial charge in [-0.05, 0) is 31.7 Å². The zero-order chi connectivity index (χ0) is 15.5. The first kappa shape index (κ1) is 15.7. The highest BCUT2D eigenvalue weighted by molar-refractivity contribution is 5.82. The van der Waals surface area contributed by atoms with Crippen LogP contribution in [0.3, 0.4) is 0 Å². The normalized spacial score (nSPS) is 18.3. The second-order valence-corrected chi connectivity index (χ2v) is 6.34. The number of aryl methyl sites for hydroxylation is 1. The number of nitrogens with zero attached hydrogens (tertiary/aromatic N) is 2. The van der Waals surface area contributed by atoms with Crippen LogP contribution >= 0.6 is 0 Å². The molecule has 116 valence electrons. The summed E-state index contributed by atoms with van der Waals surface area (Å²) in [5.41, 5.74) is 0.892. The smallest absolute Gasteiger partial charge is 0.329 e. The summed E-state index contributed by atoms with van der Waals surface area (Å²) in [5, 5.41) is 12.9. The largest absolute Gasteiger partial charge is 0.480 e. The van der Waals surface area contributed by atoms with Crippen molar-refractivity contribution in [2.24, 2.45) is 0 Å². The average Bonchev–Trinajstić information content (AvgIpc) is 2.64. The van der Waals surface area contributed by atoms with Gasteiger partial charge in [0.1, 0.15) is 5.54 Å². The van der Waals surface area contributed by atoms with E-state index in [1.165, 1.54) is 0 Å². The fraction of sp³-hybridized carbons (Fsp3) is 0.688. The Hall–Kier alpha value is -1.65. The van der Waals surface area contributed by atoms with Crippen LogP contribution in [-0.4, -0.2) is 26.6 Å². The van der Waals surface area contributed by atoms with Gasteiger partial charge in [0.05, 0.1) is 0 Å². The maximum atomic E-state index is 11.8. The molecule has 1 aromatic rings. The first-order valence-electron chi connectivity index (χ1n) is 7.80. The van der Waals surface area contributed by atoms with E-state index >= 15 is 0 Å². The maximum absolute atomic E-state index is 11.8. The molecule has 1 heterocycles. The summed E-state index contributed by atoms with van der Waals surface area (Å²) < 4.78 is 0. The number of aromatic nitrogens is 2. The zero-order valence-corrected chi connectivity index (χ0v) is 13.1. The van der Waals surface area contributed by atoms with Crippen molar-refractivity contribution in [3.8, 4) is 0 Å². The summed E-state index contributed by atoms with van der Waals surface area (Å²) in [6.45, 7) is 6.06. The zero-order valence-electron chi connectivity index (χ0n) is 13.1. The number of hydrogen-bond donors (Lipinski definition) is 2. The SMILES string of the molecule is Cc1cc(C(C)C)nc(NC2(C(=O)O)CCCCCC2)n1. The first-order chi connectivity index (χ1) is 9.93. The van der Waals surface area contributed by atoms with Gasteiger partial charge in [0, 0.05) is 11.4 Å². The molecule has 1 fully saturated rings. The Balaban J connectivity index is 2.30. The summed E-state index contributed by atoms with van der Waals surface area (Å²) in [6, 6.07) is 1.95. The molecule has 0 atom stereocenters. The lowest BCUT2D eigenvalue weighted by molar-refractivity contribution is -0.142. The van der Waals surface area contributed by atoms with Crippen LogP contribution in [0, 0.1) is 6.92 Å². The molecule has 1 aliphatic rings. The summed E-state index contributed by atoms with van der Waals surface area (Å²) >= 11 is 0. The van der Waals surface area contributed by atoms with Gasteiger partial charge in [-0.1, -0.05) is 39.5 Å². The van der Waals surface area contributed by atoms with Crippen LogP contribution in [0.4, 0.5) is 5.95 Å². The van der Waals surface area contributed by atoms with E-state index in [0.717, 1.165) is 37.1 Å². The number of nitrogens with one attached hydrogen (secondary N) is 1. The molecule has 0 unspecified atom stereocenters. The third-order valence-electron chi connectivity index (χ3n) is 4.18. The number of carboxylic acid groups (broad SMARTS) is 1. The van der Waals surface area contributed by atoms with Crippen molar-refractivity contribution in [2.75, 3.05) is 5.32 Å². The molecular weight excluding hydrogens is 266 g/mol. The van der Waals surface area contributed by atoms with Crippen molar-refractivity contribution in [1.29, 1.82) is 0 Å². The molecule has 0 aliphatic heterocycles. The number of hydrogen-bond acceptors (Lipinski definition) is 4. The van der Waals surface area contributed by atoms with E-state index in [1.807, 2.05) is 13.0 Å².